The zero-order valence-electron chi connectivity index (χ0n) is 6.16. The molecule has 0 spiro atoms. The van der Waals surface area contributed by atoms with Gasteiger partial charge in [0.05, 0.1) is 0 Å². The zero-order valence-corrected chi connectivity index (χ0v) is 8.57. The highest BCUT2D eigenvalue weighted by Gasteiger charge is 2.14. The molecule has 0 aliphatic carbocycles. The fourth-order valence-electron chi connectivity index (χ4n) is 0.619. The summed E-state index contributed by atoms with van der Waals surface area (Å²) in [7, 11) is 0. The van der Waals surface area contributed by atoms with Gasteiger partial charge in [-0.3, -0.25) is 9.65 Å². The summed E-state index contributed by atoms with van der Waals surface area (Å²) in [6.45, 7) is 1.78. The molecule has 1 N–H and O–H groups in total. The Morgan fingerprint density at radius 1 is 1.58 bits per heavy atom. The van der Waals surface area contributed by atoms with Crippen LogP contribution in [0.3, 0.4) is 0 Å². The van der Waals surface area contributed by atoms with Gasteiger partial charge in [-0.05, 0) is 35.5 Å². The minimum atomic E-state index is -3.34. The zero-order chi connectivity index (χ0) is 9.19. The molecule has 0 aliphatic heterocycles. The van der Waals surface area contributed by atoms with Crippen molar-refractivity contribution >= 4 is 34.4 Å². The number of aromatic nitrogens is 2. The lowest BCUT2D eigenvalue weighted by atomic mass is 10.5. The van der Waals surface area contributed by atoms with Crippen LogP contribution in [-0.2, 0) is 4.57 Å². The first-order chi connectivity index (χ1) is 5.47. The lowest BCUT2D eigenvalue weighted by Crippen LogP contribution is -1.95. The predicted molar refractivity (Wildman–Crippen MR) is 49.7 cm³/mol. The van der Waals surface area contributed by atoms with Gasteiger partial charge in [-0.25, -0.2) is 9.97 Å². The van der Waals surface area contributed by atoms with Crippen LogP contribution in [0.2, 0.25) is 0 Å². The lowest BCUT2D eigenvalue weighted by Gasteiger charge is -2.03. The number of rotatable bonds is 2. The van der Waals surface area contributed by atoms with Crippen LogP contribution < -0.4 is 5.09 Å². The number of hydrogen-bond donors (Lipinski definition) is 1. The summed E-state index contributed by atoms with van der Waals surface area (Å²) in [6, 6.07) is 1.71. The van der Waals surface area contributed by atoms with Crippen molar-refractivity contribution in [1.82, 2.24) is 9.97 Å². The Bertz CT molecular complexity index is 326. The van der Waals surface area contributed by atoms with Gasteiger partial charge in [0, 0.05) is 11.9 Å². The van der Waals surface area contributed by atoms with Gasteiger partial charge in [-0.15, -0.1) is 0 Å². The molecule has 12 heavy (non-hydrogen) atoms. The number of hydrogen-bond acceptors (Lipinski definition) is 3. The summed E-state index contributed by atoms with van der Waals surface area (Å²) in [5.41, 5.74) is 0.745. The van der Waals surface area contributed by atoms with Gasteiger partial charge < -0.3 is 0 Å². The van der Waals surface area contributed by atoms with Crippen molar-refractivity contribution in [3.05, 3.63) is 18.0 Å². The van der Waals surface area contributed by atoms with Crippen LogP contribution in [0.1, 0.15) is 5.69 Å². The van der Waals surface area contributed by atoms with E-state index in [2.05, 4.69) is 15.1 Å². The first-order valence-corrected chi connectivity index (χ1v) is 6.56. The van der Waals surface area contributed by atoms with Crippen LogP contribution in [0, 0.1) is 6.92 Å². The van der Waals surface area contributed by atoms with Gasteiger partial charge in [0.25, 0.3) is 0 Å². The first kappa shape index (κ1) is 9.78. The molecule has 0 bridgehead atoms. The molecule has 1 aromatic heterocycles. The molecule has 0 amide bonds. The fourth-order valence-corrected chi connectivity index (χ4v) is 1.41. The standard InChI is InChI=1S/C5H6Cl2N3OP/c1-4-2-3-8-5(9-4)10-12(6,7)11/h2-3H,1H3,(H,8,9,10,11). The van der Waals surface area contributed by atoms with E-state index in [1.807, 2.05) is 0 Å². The van der Waals surface area contributed by atoms with E-state index in [-0.39, 0.29) is 5.95 Å². The summed E-state index contributed by atoms with van der Waals surface area (Å²) in [6.07, 6.45) is 1.52. The maximum atomic E-state index is 10.8. The Kier molecular flexibility index (Phi) is 2.94. The van der Waals surface area contributed by atoms with Crippen LogP contribution >= 0.6 is 28.5 Å². The number of anilines is 1. The lowest BCUT2D eigenvalue weighted by molar-refractivity contribution is 0.595. The van der Waals surface area contributed by atoms with Gasteiger partial charge in [0.15, 0.2) is 0 Å². The Hall–Kier alpha value is -0.310. The minimum absolute atomic E-state index is 0.170. The first-order valence-electron chi connectivity index (χ1n) is 3.05. The monoisotopic (exact) mass is 225 g/mol. The molecule has 0 radical (unpaired) electrons. The Morgan fingerprint density at radius 3 is 2.75 bits per heavy atom. The molecule has 0 unspecified atom stereocenters. The van der Waals surface area contributed by atoms with Crippen LogP contribution in [0.15, 0.2) is 12.3 Å². The normalized spacial score (nSPS) is 11.2. The Labute approximate surface area is 79.3 Å². The maximum absolute atomic E-state index is 10.8. The quantitative estimate of drug-likeness (QED) is 0.787. The van der Waals surface area contributed by atoms with Gasteiger partial charge in [-0.2, -0.15) is 0 Å². The predicted octanol–water partition coefficient (Wildman–Crippen LogP) is 2.78. The van der Waals surface area contributed by atoms with Crippen LogP contribution in [-0.4, -0.2) is 9.97 Å². The topological polar surface area (TPSA) is 54.9 Å². The Morgan fingerprint density at radius 2 is 2.25 bits per heavy atom. The van der Waals surface area contributed by atoms with Crippen molar-refractivity contribution in [2.75, 3.05) is 5.09 Å². The average molecular weight is 226 g/mol. The minimum Gasteiger partial charge on any atom is -0.281 e. The highest BCUT2D eigenvalue weighted by molar-refractivity contribution is 8.09. The molecule has 66 valence electrons. The largest absolute Gasteiger partial charge is 0.345 e. The molecule has 1 aromatic rings. The number of halogens is 2. The molecule has 4 nitrogen and oxygen atoms in total. The van der Waals surface area contributed by atoms with E-state index in [9.17, 15) is 4.57 Å². The van der Waals surface area contributed by atoms with Crippen molar-refractivity contribution in [2.24, 2.45) is 0 Å². The second kappa shape index (κ2) is 3.60. The second-order valence-corrected chi connectivity index (χ2v) is 6.62. The molecule has 0 fully saturated rings. The molecule has 1 heterocycles. The van der Waals surface area contributed by atoms with Crippen LogP contribution in [0.25, 0.3) is 0 Å². The summed E-state index contributed by atoms with van der Waals surface area (Å²) >= 11 is 10.5. The van der Waals surface area contributed by atoms with Crippen LogP contribution in [0.5, 0.6) is 0 Å². The summed E-state index contributed by atoms with van der Waals surface area (Å²) in [5.74, 6) is -3.17. The van der Waals surface area contributed by atoms with E-state index >= 15 is 0 Å². The maximum Gasteiger partial charge on any atom is 0.345 e. The van der Waals surface area contributed by atoms with Crippen LogP contribution in [0.4, 0.5) is 5.95 Å². The third-order valence-corrected chi connectivity index (χ3v) is 1.99. The number of nitrogens with one attached hydrogen (secondary N) is 1. The van der Waals surface area contributed by atoms with E-state index in [4.69, 9.17) is 22.5 Å². The van der Waals surface area contributed by atoms with Crippen molar-refractivity contribution in [2.45, 2.75) is 6.92 Å². The molecule has 0 atom stereocenters. The average Bonchev–Trinajstić information content (AvgIpc) is 1.82. The SMILES string of the molecule is Cc1ccnc(NP(=O)(Cl)Cl)n1. The van der Waals surface area contributed by atoms with Crippen molar-refractivity contribution in [1.29, 1.82) is 0 Å². The van der Waals surface area contributed by atoms with E-state index < -0.39 is 6.00 Å². The summed E-state index contributed by atoms with van der Waals surface area (Å²) in [5, 5.41) is 2.29. The van der Waals surface area contributed by atoms with Crippen molar-refractivity contribution in [3.63, 3.8) is 0 Å². The third kappa shape index (κ3) is 3.39. The number of aryl methyl sites for hydroxylation is 1. The molecule has 0 aliphatic rings. The molecule has 1 rings (SSSR count). The Balaban J connectivity index is 2.84. The molecule has 0 saturated carbocycles. The smallest absolute Gasteiger partial charge is 0.281 e. The fraction of sp³-hybridized carbons (Fsp3) is 0.200. The summed E-state index contributed by atoms with van der Waals surface area (Å²) < 4.78 is 10.8. The van der Waals surface area contributed by atoms with Gasteiger partial charge in [0.2, 0.25) is 5.95 Å². The molecule has 0 aromatic carbocycles. The second-order valence-electron chi connectivity index (χ2n) is 2.10. The van der Waals surface area contributed by atoms with Gasteiger partial charge in [-0.1, -0.05) is 0 Å². The van der Waals surface area contributed by atoms with E-state index in [0.29, 0.717) is 0 Å². The van der Waals surface area contributed by atoms with Gasteiger partial charge >= 0.3 is 6.00 Å². The highest BCUT2D eigenvalue weighted by atomic mass is 35.9. The van der Waals surface area contributed by atoms with E-state index in [1.54, 1.807) is 13.0 Å². The highest BCUT2D eigenvalue weighted by Crippen LogP contribution is 2.55. The molecular weight excluding hydrogens is 220 g/mol. The number of nitrogens with zero attached hydrogens (tertiary/aromatic N) is 2. The molecule has 0 saturated heterocycles. The molecular formula is C5H6Cl2N3OP. The van der Waals surface area contributed by atoms with Gasteiger partial charge in [0.1, 0.15) is 0 Å². The van der Waals surface area contributed by atoms with Crippen molar-refractivity contribution in [3.8, 4) is 0 Å². The third-order valence-electron chi connectivity index (χ3n) is 1.02. The molecule has 7 heteroatoms. The van der Waals surface area contributed by atoms with E-state index in [0.717, 1.165) is 5.69 Å². The van der Waals surface area contributed by atoms with E-state index in [1.165, 1.54) is 6.20 Å². The summed E-state index contributed by atoms with van der Waals surface area (Å²) in [4.78, 5) is 7.66. The van der Waals surface area contributed by atoms with Crippen molar-refractivity contribution < 1.29 is 4.57 Å².